The molecule has 0 saturated carbocycles. The van der Waals surface area contributed by atoms with E-state index < -0.39 is 0 Å². The summed E-state index contributed by atoms with van der Waals surface area (Å²) in [5.74, 6) is 0. The van der Waals surface area contributed by atoms with Crippen LogP contribution in [0.15, 0.2) is 12.1 Å². The van der Waals surface area contributed by atoms with Gasteiger partial charge >= 0.3 is 0 Å². The largest absolute Gasteiger partial charge is 0.230 e. The van der Waals surface area contributed by atoms with Crippen LogP contribution in [0.2, 0.25) is 0 Å². The van der Waals surface area contributed by atoms with Crippen LogP contribution in [-0.2, 0) is 15.4 Å². The third-order valence-electron chi connectivity index (χ3n) is 3.42. The van der Waals surface area contributed by atoms with Gasteiger partial charge in [-0.25, -0.2) is 9.78 Å². The predicted molar refractivity (Wildman–Crippen MR) is 68.9 cm³/mol. The monoisotopic (exact) mass is 234 g/mol. The van der Waals surface area contributed by atoms with E-state index in [0.717, 1.165) is 6.42 Å². The molecule has 94 valence electrons. The van der Waals surface area contributed by atoms with Crippen LogP contribution >= 0.6 is 0 Å². The zero-order valence-electron chi connectivity index (χ0n) is 11.7. The summed E-state index contributed by atoms with van der Waals surface area (Å²) >= 11 is 0. The van der Waals surface area contributed by atoms with Crippen molar-refractivity contribution in [2.45, 2.75) is 59.2 Å². The first-order valence-corrected chi connectivity index (χ1v) is 6.19. The maximum Gasteiger partial charge on any atom is 0.129 e. The summed E-state index contributed by atoms with van der Waals surface area (Å²) in [6, 6.07) is 4.42. The van der Waals surface area contributed by atoms with E-state index in [1.54, 1.807) is 0 Å². The molecule has 2 rings (SSSR count). The van der Waals surface area contributed by atoms with Gasteiger partial charge in [0.05, 0.1) is 0 Å². The Balaban J connectivity index is 2.48. The molecule has 0 aliphatic carbocycles. The number of benzene rings is 1. The summed E-state index contributed by atoms with van der Waals surface area (Å²) in [7, 11) is 0. The smallest absolute Gasteiger partial charge is 0.129 e. The summed E-state index contributed by atoms with van der Waals surface area (Å²) < 4.78 is 0. The average Bonchev–Trinajstić information content (AvgIpc) is 2.38. The molecule has 1 fully saturated rings. The van der Waals surface area contributed by atoms with Crippen molar-refractivity contribution in [3.05, 3.63) is 34.4 Å². The molecule has 1 aromatic rings. The number of hydrogen-bond donors (Lipinski definition) is 0. The van der Waals surface area contributed by atoms with E-state index in [2.05, 4.69) is 53.7 Å². The quantitative estimate of drug-likeness (QED) is 0.685. The van der Waals surface area contributed by atoms with Gasteiger partial charge in [-0.1, -0.05) is 17.7 Å². The van der Waals surface area contributed by atoms with Gasteiger partial charge in [-0.05, 0) is 58.2 Å². The Kier molecular flexibility index (Phi) is 2.83. The van der Waals surface area contributed by atoms with Crippen molar-refractivity contribution in [2.75, 3.05) is 0 Å². The van der Waals surface area contributed by atoms with E-state index in [1.807, 2.05) is 0 Å². The van der Waals surface area contributed by atoms with Crippen LogP contribution in [0, 0.1) is 20.8 Å². The maximum absolute atomic E-state index is 5.64. The minimum atomic E-state index is -0.328. The Morgan fingerprint density at radius 1 is 0.941 bits per heavy atom. The molecule has 2 nitrogen and oxygen atoms in total. The normalized spacial score (nSPS) is 27.4. The molecule has 0 bridgehead atoms. The number of aryl methyl sites for hydroxylation is 3. The van der Waals surface area contributed by atoms with Gasteiger partial charge in [0, 0.05) is 6.42 Å². The minimum absolute atomic E-state index is 0.210. The van der Waals surface area contributed by atoms with Crippen molar-refractivity contribution in [3.8, 4) is 0 Å². The first-order chi connectivity index (χ1) is 7.73. The highest BCUT2D eigenvalue weighted by atomic mass is 17.2. The van der Waals surface area contributed by atoms with E-state index >= 15 is 0 Å². The third kappa shape index (κ3) is 2.24. The fourth-order valence-corrected chi connectivity index (χ4v) is 3.22. The van der Waals surface area contributed by atoms with Gasteiger partial charge in [-0.15, -0.1) is 0 Å². The lowest BCUT2D eigenvalue weighted by atomic mass is 9.81. The van der Waals surface area contributed by atoms with Crippen molar-refractivity contribution in [2.24, 2.45) is 0 Å². The molecule has 17 heavy (non-hydrogen) atoms. The SMILES string of the molecule is Cc1cc(C)c(C2(C)CC(C)(C)OO2)c(C)c1. The topological polar surface area (TPSA) is 18.5 Å². The Bertz CT molecular complexity index is 425. The van der Waals surface area contributed by atoms with Crippen LogP contribution in [0.4, 0.5) is 0 Å². The van der Waals surface area contributed by atoms with E-state index in [9.17, 15) is 0 Å². The van der Waals surface area contributed by atoms with Crippen LogP contribution in [0.5, 0.6) is 0 Å². The molecule has 0 amide bonds. The Morgan fingerprint density at radius 2 is 1.47 bits per heavy atom. The first-order valence-electron chi connectivity index (χ1n) is 6.19. The molecule has 0 aromatic heterocycles. The zero-order chi connectivity index (χ0) is 12.8. The number of rotatable bonds is 1. The summed E-state index contributed by atoms with van der Waals surface area (Å²) in [6.07, 6.45) is 0.880. The lowest BCUT2D eigenvalue weighted by molar-refractivity contribution is -0.344. The van der Waals surface area contributed by atoms with Crippen LogP contribution in [-0.4, -0.2) is 5.60 Å². The van der Waals surface area contributed by atoms with Crippen LogP contribution in [0.3, 0.4) is 0 Å². The zero-order valence-corrected chi connectivity index (χ0v) is 11.7. The molecule has 1 atom stereocenters. The highest BCUT2D eigenvalue weighted by Crippen LogP contribution is 2.44. The summed E-state index contributed by atoms with van der Waals surface area (Å²) in [6.45, 7) is 12.7. The third-order valence-corrected chi connectivity index (χ3v) is 3.42. The molecular weight excluding hydrogens is 212 g/mol. The molecular formula is C15H22O2. The predicted octanol–water partition coefficient (Wildman–Crippen LogP) is 3.96. The molecule has 0 spiro atoms. The van der Waals surface area contributed by atoms with Gasteiger partial charge in [-0.2, -0.15) is 0 Å². The molecule has 0 N–H and O–H groups in total. The molecule has 0 radical (unpaired) electrons. The molecule has 1 heterocycles. The van der Waals surface area contributed by atoms with E-state index in [4.69, 9.17) is 9.78 Å². The highest BCUT2D eigenvalue weighted by Gasteiger charge is 2.45. The van der Waals surface area contributed by atoms with Crippen LogP contribution < -0.4 is 0 Å². The van der Waals surface area contributed by atoms with E-state index in [0.29, 0.717) is 0 Å². The van der Waals surface area contributed by atoms with Gasteiger partial charge < -0.3 is 0 Å². The second kappa shape index (κ2) is 3.82. The molecule has 2 heteroatoms. The van der Waals surface area contributed by atoms with Gasteiger partial charge in [0.2, 0.25) is 0 Å². The Labute approximate surface area is 104 Å². The second-order valence-electron chi connectivity index (χ2n) is 6.11. The van der Waals surface area contributed by atoms with E-state index in [-0.39, 0.29) is 11.2 Å². The minimum Gasteiger partial charge on any atom is -0.230 e. The van der Waals surface area contributed by atoms with Gasteiger partial charge in [0.1, 0.15) is 11.2 Å². The molecule has 1 aliphatic rings. The van der Waals surface area contributed by atoms with Gasteiger partial charge in [0.25, 0.3) is 0 Å². The molecule has 1 aliphatic heterocycles. The van der Waals surface area contributed by atoms with Gasteiger partial charge in [0.15, 0.2) is 0 Å². The van der Waals surface area contributed by atoms with Gasteiger partial charge in [-0.3, -0.25) is 0 Å². The summed E-state index contributed by atoms with van der Waals surface area (Å²) in [5, 5.41) is 0. The highest BCUT2D eigenvalue weighted by molar-refractivity contribution is 5.41. The van der Waals surface area contributed by atoms with Crippen molar-refractivity contribution in [1.29, 1.82) is 0 Å². The van der Waals surface area contributed by atoms with Crippen molar-refractivity contribution < 1.29 is 9.78 Å². The number of hydrogen-bond acceptors (Lipinski definition) is 2. The molecule has 1 aromatic carbocycles. The fraction of sp³-hybridized carbons (Fsp3) is 0.600. The maximum atomic E-state index is 5.64. The van der Waals surface area contributed by atoms with Crippen molar-refractivity contribution >= 4 is 0 Å². The Hall–Kier alpha value is -0.860. The fourth-order valence-electron chi connectivity index (χ4n) is 3.22. The summed E-state index contributed by atoms with van der Waals surface area (Å²) in [5.41, 5.74) is 4.60. The van der Waals surface area contributed by atoms with Crippen LogP contribution in [0.1, 0.15) is 49.4 Å². The second-order valence-corrected chi connectivity index (χ2v) is 6.11. The van der Waals surface area contributed by atoms with Crippen molar-refractivity contribution in [1.82, 2.24) is 0 Å². The Morgan fingerprint density at radius 3 is 1.88 bits per heavy atom. The molecule has 1 saturated heterocycles. The average molecular weight is 234 g/mol. The summed E-state index contributed by atoms with van der Waals surface area (Å²) in [4.78, 5) is 11.1. The van der Waals surface area contributed by atoms with Crippen LogP contribution in [0.25, 0.3) is 0 Å². The lowest BCUT2D eigenvalue weighted by Gasteiger charge is -2.26. The standard InChI is InChI=1S/C15H22O2/c1-10-7-11(2)13(12(3)8-10)15(6)9-14(4,5)16-17-15/h7-8H,9H2,1-6H3. The molecule has 1 unspecified atom stereocenters. The lowest BCUT2D eigenvalue weighted by Crippen LogP contribution is -2.25. The first kappa shape index (κ1) is 12.6. The van der Waals surface area contributed by atoms with Crippen molar-refractivity contribution in [3.63, 3.8) is 0 Å². The van der Waals surface area contributed by atoms with E-state index in [1.165, 1.54) is 22.3 Å².